The summed E-state index contributed by atoms with van der Waals surface area (Å²) in [6, 6.07) is 28.0. The van der Waals surface area contributed by atoms with Gasteiger partial charge in [0.15, 0.2) is 30.9 Å². The third kappa shape index (κ3) is 13.8. The Kier molecular flexibility index (Phi) is 19.1. The Bertz CT molecular complexity index is 2880. The number of hydrogen-bond donors (Lipinski definition) is 4. The first-order valence-corrected chi connectivity index (χ1v) is 26.7. The van der Waals surface area contributed by atoms with Gasteiger partial charge in [0.25, 0.3) is 0 Å². The standard InChI is InChI=1S/C58H64FN3O18/c1-32-45(63)46(64)47(65)57(74-32)80-48-41(62-30-40(60-61-62)37-24-15-25-39(59)27-37)28-38(53(68)72-2)29-42(48)76-58-51(79-56(71)36-22-13-6-14-23-36)50(75-43(52(66)67)26-33-16-7-3-8-17-33)49(78-55(70)35-20-11-5-12-21-35)44(77-58)31-73-54(69)34-18-9-4-10-19-34/h4-6,9-15,18-25,27,30,32-33,38,41-51,57-58,63-65H,3,7-8,16-17,26,28-29,31H2,1-2H3,(H,66,67)/t32?,38?,41?,42?,43-,44?,45?,46?,47?,48?,49?,50?,51?,57?,58?/m0/s1. The maximum absolute atomic E-state index is 14.6. The van der Waals surface area contributed by atoms with Gasteiger partial charge in [-0.05, 0) is 80.6 Å². The lowest BCUT2D eigenvalue weighted by Crippen LogP contribution is -2.65. The summed E-state index contributed by atoms with van der Waals surface area (Å²) in [4.78, 5) is 70.0. The number of aromatic nitrogens is 3. The van der Waals surface area contributed by atoms with Crippen LogP contribution in [0, 0.1) is 17.7 Å². The largest absolute Gasteiger partial charge is 0.479 e. The lowest BCUT2D eigenvalue weighted by Gasteiger charge is -2.49. The van der Waals surface area contributed by atoms with Crippen molar-refractivity contribution in [3.63, 3.8) is 0 Å². The molecule has 2 saturated heterocycles. The van der Waals surface area contributed by atoms with Crippen LogP contribution in [0.5, 0.6) is 0 Å². The van der Waals surface area contributed by atoms with Crippen molar-refractivity contribution >= 4 is 29.8 Å². The summed E-state index contributed by atoms with van der Waals surface area (Å²) >= 11 is 0. The number of hydrogen-bond acceptors (Lipinski definition) is 19. The lowest BCUT2D eigenvalue weighted by atomic mass is 9.81. The van der Waals surface area contributed by atoms with Crippen molar-refractivity contribution in [2.75, 3.05) is 13.7 Å². The smallest absolute Gasteiger partial charge is 0.338 e. The SMILES string of the molecule is COC(=O)C1CC(OC2OC(COC(=O)c3ccccc3)C(OC(=O)c3ccccc3)C(O[C@@H](CC3CCCCC3)C(=O)O)C2OC(=O)c2ccccc2)C(OC2OC(C)C(O)C(O)C2O)C(n2cc(-c3cccc(F)c3)nn2)C1. The number of rotatable bonds is 19. The number of halogens is 1. The zero-order valence-electron chi connectivity index (χ0n) is 43.9. The van der Waals surface area contributed by atoms with Crippen molar-refractivity contribution in [2.45, 2.75) is 144 Å². The van der Waals surface area contributed by atoms with Gasteiger partial charge in [0.1, 0.15) is 54.7 Å². The van der Waals surface area contributed by atoms with Gasteiger partial charge in [-0.1, -0.05) is 104 Å². The molecule has 21 nitrogen and oxygen atoms in total. The number of nitrogens with zero attached hydrogens (tertiary/aromatic N) is 3. The fraction of sp³-hybridized carbons (Fsp3) is 0.466. The molecule has 0 radical (unpaired) electrons. The second-order valence-corrected chi connectivity index (χ2v) is 20.5. The molecule has 4 aromatic carbocycles. The second-order valence-electron chi connectivity index (χ2n) is 20.5. The monoisotopic (exact) mass is 1110 g/mol. The van der Waals surface area contributed by atoms with Crippen molar-refractivity contribution in [1.82, 2.24) is 15.0 Å². The third-order valence-electron chi connectivity index (χ3n) is 15.1. The van der Waals surface area contributed by atoms with E-state index in [-0.39, 0.29) is 47.6 Å². The summed E-state index contributed by atoms with van der Waals surface area (Å²) in [7, 11) is 1.18. The number of benzene rings is 4. The Morgan fingerprint density at radius 1 is 0.700 bits per heavy atom. The fourth-order valence-corrected chi connectivity index (χ4v) is 10.8. The summed E-state index contributed by atoms with van der Waals surface area (Å²) in [5.41, 5.74) is 0.782. The Morgan fingerprint density at radius 3 is 1.94 bits per heavy atom. The highest BCUT2D eigenvalue weighted by molar-refractivity contribution is 5.90. The number of aliphatic hydroxyl groups is 3. The highest BCUT2D eigenvalue weighted by Crippen LogP contribution is 2.42. The number of methoxy groups -OCH3 is 1. The molecule has 2 aliphatic carbocycles. The molecule has 22 heteroatoms. The first-order chi connectivity index (χ1) is 38.6. The zero-order chi connectivity index (χ0) is 56.5. The molecule has 4 fully saturated rings. The van der Waals surface area contributed by atoms with E-state index in [0.717, 1.165) is 19.3 Å². The zero-order valence-corrected chi connectivity index (χ0v) is 43.9. The molecule has 426 valence electrons. The summed E-state index contributed by atoms with van der Waals surface area (Å²) in [6.07, 6.45) is -16.2. The molecule has 14 unspecified atom stereocenters. The molecular formula is C58H64FN3O18. The van der Waals surface area contributed by atoms with Crippen LogP contribution in [0.15, 0.2) is 121 Å². The highest BCUT2D eigenvalue weighted by atomic mass is 19.1. The number of carboxylic acids is 1. The van der Waals surface area contributed by atoms with Gasteiger partial charge in [-0.2, -0.15) is 0 Å². The van der Waals surface area contributed by atoms with Crippen LogP contribution in [0.3, 0.4) is 0 Å². The molecule has 80 heavy (non-hydrogen) atoms. The summed E-state index contributed by atoms with van der Waals surface area (Å²) < 4.78 is 72.8. The van der Waals surface area contributed by atoms with Crippen LogP contribution in [0.25, 0.3) is 11.3 Å². The minimum Gasteiger partial charge on any atom is -0.479 e. The number of carboxylic acid groups (broad SMARTS) is 1. The minimum atomic E-state index is -1.92. The molecule has 0 bridgehead atoms. The quantitative estimate of drug-likeness (QED) is 0.0574. The van der Waals surface area contributed by atoms with Gasteiger partial charge in [0.05, 0.1) is 54.2 Å². The number of carbonyl (C=O) groups excluding carboxylic acids is 4. The van der Waals surface area contributed by atoms with Crippen LogP contribution >= 0.6 is 0 Å². The molecule has 2 aliphatic heterocycles. The van der Waals surface area contributed by atoms with Gasteiger partial charge in [0.2, 0.25) is 0 Å². The number of esters is 4. The van der Waals surface area contributed by atoms with Crippen molar-refractivity contribution in [2.24, 2.45) is 11.8 Å². The molecule has 4 aliphatic rings. The predicted octanol–water partition coefficient (Wildman–Crippen LogP) is 5.65. The van der Waals surface area contributed by atoms with Crippen LogP contribution in [0.1, 0.15) is 95.4 Å². The van der Waals surface area contributed by atoms with E-state index in [0.29, 0.717) is 18.4 Å². The maximum atomic E-state index is 14.6. The van der Waals surface area contributed by atoms with Crippen molar-refractivity contribution < 1.29 is 91.4 Å². The lowest BCUT2D eigenvalue weighted by molar-refractivity contribution is -0.348. The van der Waals surface area contributed by atoms with E-state index in [1.165, 1.54) is 79.5 Å². The van der Waals surface area contributed by atoms with Crippen LogP contribution in [-0.4, -0.2) is 159 Å². The molecule has 3 heterocycles. The van der Waals surface area contributed by atoms with Crippen molar-refractivity contribution in [3.05, 3.63) is 144 Å². The Balaban J connectivity index is 1.18. The van der Waals surface area contributed by atoms with Gasteiger partial charge in [-0.25, -0.2) is 28.3 Å². The van der Waals surface area contributed by atoms with E-state index >= 15 is 0 Å². The maximum Gasteiger partial charge on any atom is 0.338 e. The van der Waals surface area contributed by atoms with Gasteiger partial charge < -0.3 is 63.1 Å². The molecule has 0 spiro atoms. The van der Waals surface area contributed by atoms with E-state index in [4.69, 9.17) is 42.6 Å². The van der Waals surface area contributed by atoms with Crippen LogP contribution < -0.4 is 0 Å². The highest BCUT2D eigenvalue weighted by Gasteiger charge is 2.57. The molecule has 9 rings (SSSR count). The Labute approximate surface area is 459 Å². The van der Waals surface area contributed by atoms with Crippen molar-refractivity contribution in [3.8, 4) is 11.3 Å². The minimum absolute atomic E-state index is 0.00378. The molecule has 2 saturated carbocycles. The predicted molar refractivity (Wildman–Crippen MR) is 275 cm³/mol. The van der Waals surface area contributed by atoms with Crippen LogP contribution in [0.4, 0.5) is 4.39 Å². The first kappa shape index (κ1) is 57.7. The van der Waals surface area contributed by atoms with E-state index in [2.05, 4.69) is 10.3 Å². The molecular weight excluding hydrogens is 1050 g/mol. The molecule has 4 N–H and O–H groups in total. The van der Waals surface area contributed by atoms with Crippen LogP contribution in [-0.2, 0) is 52.2 Å². The number of aliphatic hydroxyl groups excluding tert-OH is 3. The number of aliphatic carboxylic acids is 1. The normalized spacial score (nSPS) is 29.4. The molecule has 5 aromatic rings. The topological polar surface area (TPSA) is 280 Å². The van der Waals surface area contributed by atoms with Crippen molar-refractivity contribution in [1.29, 1.82) is 0 Å². The van der Waals surface area contributed by atoms with E-state index in [1.807, 2.05) is 0 Å². The number of ether oxygens (including phenoxy) is 9. The number of carbonyl (C=O) groups is 5. The molecule has 0 amide bonds. The average molecular weight is 1110 g/mol. The first-order valence-electron chi connectivity index (χ1n) is 26.7. The van der Waals surface area contributed by atoms with Gasteiger partial charge >= 0.3 is 29.8 Å². The summed E-state index contributed by atoms with van der Waals surface area (Å²) in [6.45, 7) is 0.754. The Morgan fingerprint density at radius 2 is 1.32 bits per heavy atom. The van der Waals surface area contributed by atoms with Crippen LogP contribution in [0.2, 0.25) is 0 Å². The fourth-order valence-electron chi connectivity index (χ4n) is 10.8. The molecule has 15 atom stereocenters. The van der Waals surface area contributed by atoms with E-state index in [9.17, 15) is 48.8 Å². The second kappa shape index (κ2) is 26.5. The summed E-state index contributed by atoms with van der Waals surface area (Å²) in [5, 5.41) is 52.8. The van der Waals surface area contributed by atoms with Gasteiger partial charge in [-0.3, -0.25) is 4.79 Å². The summed E-state index contributed by atoms with van der Waals surface area (Å²) in [5.74, 6) is -6.51. The third-order valence-corrected chi connectivity index (χ3v) is 15.1. The van der Waals surface area contributed by atoms with Gasteiger partial charge in [0, 0.05) is 5.56 Å². The van der Waals surface area contributed by atoms with E-state index < -0.39 is 134 Å². The van der Waals surface area contributed by atoms with E-state index in [1.54, 1.807) is 60.7 Å². The van der Waals surface area contributed by atoms with Gasteiger partial charge in [-0.15, -0.1) is 5.10 Å². The average Bonchev–Trinajstić information content (AvgIpc) is 4.03. The molecule has 1 aromatic heterocycles. The Hall–Kier alpha value is -7.02.